The first-order chi connectivity index (χ1) is 29.8. The van der Waals surface area contributed by atoms with E-state index in [-0.39, 0.29) is 35.3 Å². The molecular formula is C53H78N6O3. The highest BCUT2D eigenvalue weighted by Gasteiger charge is 2.40. The number of methoxy groups -OCH3 is 1. The van der Waals surface area contributed by atoms with E-state index >= 15 is 0 Å². The summed E-state index contributed by atoms with van der Waals surface area (Å²) in [6.07, 6.45) is 11.7. The molecule has 0 spiro atoms. The minimum Gasteiger partial charge on any atom is -0.375 e. The average molecular weight is 847 g/mol. The Morgan fingerprint density at radius 3 is 2.40 bits per heavy atom. The van der Waals surface area contributed by atoms with Crippen LogP contribution in [0, 0.1) is 30.1 Å². The lowest BCUT2D eigenvalue weighted by molar-refractivity contribution is -0.141. The van der Waals surface area contributed by atoms with Crippen LogP contribution in [0.4, 0.5) is 0 Å². The predicted octanol–water partition coefficient (Wildman–Crippen LogP) is 9.80. The molecule has 4 unspecified atom stereocenters. The monoisotopic (exact) mass is 847 g/mol. The van der Waals surface area contributed by atoms with Gasteiger partial charge in [-0.3, -0.25) is 24.5 Å². The first-order valence-electron chi connectivity index (χ1n) is 24.1. The van der Waals surface area contributed by atoms with Crippen molar-refractivity contribution in [1.29, 1.82) is 0 Å². The molecule has 0 radical (unpaired) electrons. The van der Waals surface area contributed by atoms with Gasteiger partial charge in [-0.05, 0) is 146 Å². The molecule has 6 rings (SSSR count). The number of nitrogens with one attached hydrogen (secondary N) is 3. The third-order valence-corrected chi connectivity index (χ3v) is 14.1. The van der Waals surface area contributed by atoms with E-state index in [1.54, 1.807) is 12.1 Å². The molecule has 3 aliphatic rings. The topological polar surface area (TPSA) is 98.8 Å². The number of amides is 2. The number of ether oxygens (including phenoxy) is 1. The molecule has 2 amide bonds. The van der Waals surface area contributed by atoms with Crippen LogP contribution in [0.25, 0.3) is 22.3 Å². The van der Waals surface area contributed by atoms with Gasteiger partial charge in [0.25, 0.3) is 5.91 Å². The summed E-state index contributed by atoms with van der Waals surface area (Å²) in [5, 5.41) is 8.69. The lowest BCUT2D eigenvalue weighted by Gasteiger charge is -2.35. The van der Waals surface area contributed by atoms with E-state index in [9.17, 15) is 9.59 Å². The average Bonchev–Trinajstić information content (AvgIpc) is 3.99. The molecule has 3 aromatic rings. The van der Waals surface area contributed by atoms with E-state index in [1.165, 1.54) is 35.1 Å². The van der Waals surface area contributed by atoms with Crippen molar-refractivity contribution in [3.63, 3.8) is 0 Å². The summed E-state index contributed by atoms with van der Waals surface area (Å²) >= 11 is 0. The lowest BCUT2D eigenvalue weighted by Crippen LogP contribution is -2.59. The molecule has 2 aliphatic heterocycles. The molecule has 2 aromatic carbocycles. The van der Waals surface area contributed by atoms with Gasteiger partial charge in [0.1, 0.15) is 6.04 Å². The summed E-state index contributed by atoms with van der Waals surface area (Å²) in [6.45, 7) is 23.3. The number of aromatic nitrogens is 1. The largest absolute Gasteiger partial charge is 0.375 e. The minimum absolute atomic E-state index is 0.0163. The maximum Gasteiger partial charge on any atom is 0.259 e. The van der Waals surface area contributed by atoms with Crippen molar-refractivity contribution in [2.75, 3.05) is 46.4 Å². The Morgan fingerprint density at radius 2 is 1.71 bits per heavy atom. The summed E-state index contributed by atoms with van der Waals surface area (Å²) in [6, 6.07) is 18.9. The third-order valence-electron chi connectivity index (χ3n) is 14.1. The van der Waals surface area contributed by atoms with Crippen LogP contribution >= 0.6 is 0 Å². The number of hydrazine groups is 1. The van der Waals surface area contributed by atoms with Crippen molar-refractivity contribution in [2.45, 2.75) is 138 Å². The fourth-order valence-electron chi connectivity index (χ4n) is 10.2. The van der Waals surface area contributed by atoms with Crippen LogP contribution in [0.3, 0.4) is 0 Å². The van der Waals surface area contributed by atoms with E-state index in [2.05, 4.69) is 125 Å². The second-order valence-corrected chi connectivity index (χ2v) is 19.6. The number of aryl methyl sites for hydroxylation is 1. The van der Waals surface area contributed by atoms with Crippen molar-refractivity contribution < 1.29 is 14.3 Å². The zero-order valence-electron chi connectivity index (χ0n) is 39.6. The first-order valence-corrected chi connectivity index (χ1v) is 24.1. The second kappa shape index (κ2) is 22.1. The molecule has 3 N–H and O–H groups in total. The van der Waals surface area contributed by atoms with Crippen LogP contribution in [0.1, 0.15) is 140 Å². The Labute approximate surface area is 374 Å². The molecule has 1 saturated carbocycles. The van der Waals surface area contributed by atoms with Crippen LogP contribution in [0.5, 0.6) is 0 Å². The molecule has 1 aromatic heterocycles. The highest BCUT2D eigenvalue weighted by Crippen LogP contribution is 2.44. The molecule has 62 heavy (non-hydrogen) atoms. The molecule has 4 atom stereocenters. The van der Waals surface area contributed by atoms with Crippen molar-refractivity contribution in [1.82, 2.24) is 31.0 Å². The SMILES string of the molecule is CCNCC1CCN(C(C(=O)NC(Cc2cccc(-c3ccc(C)c(/C(CC(C)(C)CC)=C(/c4cccnc4C(C)OC)C(C)C)c3)c2)C(=O)N2CCCCN2)C2CCCC2)C1. The van der Waals surface area contributed by atoms with Gasteiger partial charge >= 0.3 is 0 Å². The van der Waals surface area contributed by atoms with Crippen molar-refractivity contribution in [2.24, 2.45) is 23.2 Å². The number of nitrogens with zero attached hydrogens (tertiary/aromatic N) is 3. The molecule has 9 heteroatoms. The summed E-state index contributed by atoms with van der Waals surface area (Å²) in [7, 11) is 1.75. The number of carbonyl (C=O) groups excluding carboxylic acids is 2. The quantitative estimate of drug-likeness (QED) is 0.111. The van der Waals surface area contributed by atoms with E-state index in [0.717, 1.165) is 106 Å². The van der Waals surface area contributed by atoms with Crippen LogP contribution in [0.2, 0.25) is 0 Å². The number of likely N-dealkylation sites (tertiary alicyclic amines) is 1. The fourth-order valence-corrected chi connectivity index (χ4v) is 10.2. The number of pyridine rings is 1. The van der Waals surface area contributed by atoms with Crippen LogP contribution in [-0.2, 0) is 20.7 Å². The number of hydrogen-bond acceptors (Lipinski definition) is 7. The number of hydrogen-bond donors (Lipinski definition) is 3. The standard InChI is InChI=1S/C53H78N6O3/c1-10-53(7,8)33-46(48(36(3)4)44-22-17-26-55-49(44)38(6)62-9)45-32-43(24-23-37(45)5)42-21-16-18-39(30-42)31-47(52(61)59-28-15-14-27-56-59)57-51(60)50(41-19-12-13-20-41)58-29-25-40(35-58)34-54-11-2/h16-18,21-24,26,30,32,36,38,40-41,47,50,54,56H,10-15,19-20,25,27-29,31,33-35H2,1-9H3,(H,57,60)/b48-46+. The smallest absolute Gasteiger partial charge is 0.259 e. The highest BCUT2D eigenvalue weighted by molar-refractivity contribution is 5.94. The maximum atomic E-state index is 14.7. The lowest BCUT2D eigenvalue weighted by atomic mass is 9.75. The molecule has 9 nitrogen and oxygen atoms in total. The van der Waals surface area contributed by atoms with Gasteiger partial charge in [0.05, 0.1) is 17.8 Å². The summed E-state index contributed by atoms with van der Waals surface area (Å²) in [5.74, 6) is 1.07. The molecular weight excluding hydrogens is 769 g/mol. The van der Waals surface area contributed by atoms with Crippen LogP contribution in [0.15, 0.2) is 60.8 Å². The van der Waals surface area contributed by atoms with Crippen LogP contribution in [-0.4, -0.2) is 85.2 Å². The van der Waals surface area contributed by atoms with Gasteiger partial charge in [-0.2, -0.15) is 0 Å². The Bertz CT molecular complexity index is 1980. The second-order valence-electron chi connectivity index (χ2n) is 19.6. The maximum absolute atomic E-state index is 14.7. The van der Waals surface area contributed by atoms with Gasteiger partial charge in [0.15, 0.2) is 0 Å². The number of rotatable bonds is 19. The van der Waals surface area contributed by atoms with Gasteiger partial charge in [-0.25, -0.2) is 5.43 Å². The predicted molar refractivity (Wildman–Crippen MR) is 255 cm³/mol. The van der Waals surface area contributed by atoms with E-state index in [0.29, 0.717) is 24.8 Å². The number of benzene rings is 2. The Kier molecular flexibility index (Phi) is 17.0. The Hall–Kier alpha value is -3.89. The first kappa shape index (κ1) is 47.6. The highest BCUT2D eigenvalue weighted by atomic mass is 16.5. The van der Waals surface area contributed by atoms with Crippen molar-refractivity contribution in [3.8, 4) is 11.1 Å². The zero-order chi connectivity index (χ0) is 44.4. The van der Waals surface area contributed by atoms with E-state index in [4.69, 9.17) is 9.72 Å². The molecule has 1 aliphatic carbocycles. The number of allylic oxidation sites excluding steroid dienone is 2. The summed E-state index contributed by atoms with van der Waals surface area (Å²) in [5.41, 5.74) is 13.9. The normalized spacial score (nSPS) is 19.7. The zero-order valence-corrected chi connectivity index (χ0v) is 39.6. The third kappa shape index (κ3) is 11.8. The molecule has 3 fully saturated rings. The van der Waals surface area contributed by atoms with Crippen molar-refractivity contribution in [3.05, 3.63) is 88.7 Å². The van der Waals surface area contributed by atoms with Gasteiger partial charge < -0.3 is 15.4 Å². The fraction of sp³-hybridized carbons (Fsp3) is 0.604. The van der Waals surface area contributed by atoms with Gasteiger partial charge in [-0.1, -0.05) is 103 Å². The summed E-state index contributed by atoms with van der Waals surface area (Å²) < 4.78 is 5.86. The van der Waals surface area contributed by atoms with E-state index in [1.807, 2.05) is 12.3 Å². The molecule has 3 heterocycles. The summed E-state index contributed by atoms with van der Waals surface area (Å²) in [4.78, 5) is 36.4. The molecule has 338 valence electrons. The molecule has 2 saturated heterocycles. The van der Waals surface area contributed by atoms with Gasteiger partial charge in [-0.15, -0.1) is 0 Å². The molecule has 0 bridgehead atoms. The van der Waals surface area contributed by atoms with Crippen molar-refractivity contribution >= 4 is 23.0 Å². The number of carbonyl (C=O) groups is 2. The van der Waals surface area contributed by atoms with Gasteiger partial charge in [0, 0.05) is 44.9 Å². The van der Waals surface area contributed by atoms with Gasteiger partial charge in [0.2, 0.25) is 5.91 Å². The Morgan fingerprint density at radius 1 is 0.935 bits per heavy atom. The van der Waals surface area contributed by atoms with Crippen LogP contribution < -0.4 is 16.1 Å². The minimum atomic E-state index is -0.677. The van der Waals surface area contributed by atoms with E-state index < -0.39 is 6.04 Å². The Balaban J connectivity index is 1.35.